The SMILES string of the molecule is CC(NCc1c(O)ccc2ccccc12)C1CCOCC1. The van der Waals surface area contributed by atoms with Crippen LogP contribution in [0.1, 0.15) is 25.3 Å². The fourth-order valence-corrected chi connectivity index (χ4v) is 3.16. The molecule has 1 saturated heterocycles. The van der Waals surface area contributed by atoms with Crippen molar-refractivity contribution in [1.82, 2.24) is 5.32 Å². The Morgan fingerprint density at radius 3 is 2.76 bits per heavy atom. The van der Waals surface area contributed by atoms with Gasteiger partial charge in [-0.1, -0.05) is 30.3 Å². The number of aromatic hydroxyl groups is 1. The van der Waals surface area contributed by atoms with Gasteiger partial charge in [0.2, 0.25) is 0 Å². The summed E-state index contributed by atoms with van der Waals surface area (Å²) >= 11 is 0. The largest absolute Gasteiger partial charge is 0.508 e. The fraction of sp³-hybridized carbons (Fsp3) is 0.444. The average molecular weight is 285 g/mol. The summed E-state index contributed by atoms with van der Waals surface area (Å²) in [6.07, 6.45) is 2.24. The Balaban J connectivity index is 1.74. The zero-order valence-corrected chi connectivity index (χ0v) is 12.5. The van der Waals surface area contributed by atoms with Gasteiger partial charge < -0.3 is 15.2 Å². The number of rotatable bonds is 4. The van der Waals surface area contributed by atoms with Gasteiger partial charge >= 0.3 is 0 Å². The molecule has 112 valence electrons. The molecule has 0 aliphatic carbocycles. The monoisotopic (exact) mass is 285 g/mol. The van der Waals surface area contributed by atoms with E-state index in [4.69, 9.17) is 4.74 Å². The van der Waals surface area contributed by atoms with E-state index in [0.717, 1.165) is 37.0 Å². The minimum Gasteiger partial charge on any atom is -0.508 e. The van der Waals surface area contributed by atoms with E-state index in [0.29, 0.717) is 24.3 Å². The normalized spacial score (nSPS) is 18.0. The molecule has 0 aromatic heterocycles. The van der Waals surface area contributed by atoms with Crippen molar-refractivity contribution in [3.63, 3.8) is 0 Å². The molecule has 1 atom stereocenters. The maximum Gasteiger partial charge on any atom is 0.120 e. The zero-order chi connectivity index (χ0) is 14.7. The van der Waals surface area contributed by atoms with E-state index >= 15 is 0 Å². The van der Waals surface area contributed by atoms with Crippen molar-refractivity contribution in [2.45, 2.75) is 32.4 Å². The molecule has 1 heterocycles. The van der Waals surface area contributed by atoms with E-state index in [1.807, 2.05) is 18.2 Å². The first kappa shape index (κ1) is 14.4. The number of phenols is 1. The van der Waals surface area contributed by atoms with Gasteiger partial charge in [-0.25, -0.2) is 0 Å². The topological polar surface area (TPSA) is 41.5 Å². The van der Waals surface area contributed by atoms with Gasteiger partial charge in [-0.2, -0.15) is 0 Å². The van der Waals surface area contributed by atoms with Gasteiger partial charge in [0, 0.05) is 31.4 Å². The van der Waals surface area contributed by atoms with E-state index in [1.54, 1.807) is 6.07 Å². The molecule has 3 nitrogen and oxygen atoms in total. The van der Waals surface area contributed by atoms with Crippen LogP contribution < -0.4 is 5.32 Å². The van der Waals surface area contributed by atoms with Crippen LogP contribution in [0.15, 0.2) is 36.4 Å². The van der Waals surface area contributed by atoms with E-state index in [1.165, 1.54) is 5.39 Å². The molecular weight excluding hydrogens is 262 g/mol. The first-order valence-electron chi connectivity index (χ1n) is 7.76. The highest BCUT2D eigenvalue weighted by molar-refractivity contribution is 5.87. The quantitative estimate of drug-likeness (QED) is 0.904. The molecule has 21 heavy (non-hydrogen) atoms. The average Bonchev–Trinajstić information content (AvgIpc) is 2.54. The Labute approximate surface area is 125 Å². The second-order valence-corrected chi connectivity index (χ2v) is 5.90. The van der Waals surface area contributed by atoms with Gasteiger partial charge in [-0.3, -0.25) is 0 Å². The number of ether oxygens (including phenoxy) is 1. The van der Waals surface area contributed by atoms with Gasteiger partial charge in [0.1, 0.15) is 5.75 Å². The molecule has 0 amide bonds. The lowest BCUT2D eigenvalue weighted by Gasteiger charge is -2.28. The lowest BCUT2D eigenvalue weighted by atomic mass is 9.92. The van der Waals surface area contributed by atoms with E-state index in [9.17, 15) is 5.11 Å². The van der Waals surface area contributed by atoms with Crippen LogP contribution in [0.25, 0.3) is 10.8 Å². The van der Waals surface area contributed by atoms with E-state index < -0.39 is 0 Å². The molecule has 1 unspecified atom stereocenters. The smallest absolute Gasteiger partial charge is 0.120 e. The molecule has 1 fully saturated rings. The fourth-order valence-electron chi connectivity index (χ4n) is 3.16. The van der Waals surface area contributed by atoms with Gasteiger partial charge in [0.25, 0.3) is 0 Å². The van der Waals surface area contributed by atoms with Crippen molar-refractivity contribution < 1.29 is 9.84 Å². The molecular formula is C18H23NO2. The van der Waals surface area contributed by atoms with Crippen molar-refractivity contribution >= 4 is 10.8 Å². The summed E-state index contributed by atoms with van der Waals surface area (Å²) in [4.78, 5) is 0. The predicted molar refractivity (Wildman–Crippen MR) is 85.5 cm³/mol. The number of phenolic OH excluding ortho intramolecular Hbond substituents is 1. The van der Waals surface area contributed by atoms with Crippen LogP contribution in [0, 0.1) is 5.92 Å². The summed E-state index contributed by atoms with van der Waals surface area (Å²) in [5, 5.41) is 16.1. The molecule has 0 bridgehead atoms. The Kier molecular flexibility index (Phi) is 4.42. The van der Waals surface area contributed by atoms with Crippen molar-refractivity contribution in [3.05, 3.63) is 42.0 Å². The molecule has 3 heteroatoms. The molecule has 2 aromatic carbocycles. The first-order valence-corrected chi connectivity index (χ1v) is 7.76. The standard InChI is InChI=1S/C18H23NO2/c1-13(14-8-10-21-11-9-14)19-12-17-16-5-3-2-4-15(16)6-7-18(17)20/h2-7,13-14,19-20H,8-12H2,1H3. The minimum atomic E-state index is 0.375. The second kappa shape index (κ2) is 6.46. The highest BCUT2D eigenvalue weighted by Crippen LogP contribution is 2.27. The Morgan fingerprint density at radius 2 is 1.95 bits per heavy atom. The molecule has 0 radical (unpaired) electrons. The van der Waals surface area contributed by atoms with Gasteiger partial charge in [0.05, 0.1) is 0 Å². The van der Waals surface area contributed by atoms with Crippen molar-refractivity contribution in [1.29, 1.82) is 0 Å². The van der Waals surface area contributed by atoms with Crippen LogP contribution in [-0.2, 0) is 11.3 Å². The third-order valence-corrected chi connectivity index (χ3v) is 4.59. The van der Waals surface area contributed by atoms with E-state index in [-0.39, 0.29) is 0 Å². The summed E-state index contributed by atoms with van der Waals surface area (Å²) in [5.41, 5.74) is 0.993. The number of hydrogen-bond donors (Lipinski definition) is 2. The van der Waals surface area contributed by atoms with Gasteiger partial charge in [-0.15, -0.1) is 0 Å². The molecule has 3 rings (SSSR count). The highest BCUT2D eigenvalue weighted by atomic mass is 16.5. The van der Waals surface area contributed by atoms with Crippen LogP contribution in [0.5, 0.6) is 5.75 Å². The third-order valence-electron chi connectivity index (χ3n) is 4.59. The molecule has 2 N–H and O–H groups in total. The maximum atomic E-state index is 10.2. The number of fused-ring (bicyclic) bond motifs is 1. The Bertz CT molecular complexity index is 605. The van der Waals surface area contributed by atoms with Crippen LogP contribution >= 0.6 is 0 Å². The first-order chi connectivity index (χ1) is 10.3. The van der Waals surface area contributed by atoms with Crippen molar-refractivity contribution in [2.24, 2.45) is 5.92 Å². The maximum absolute atomic E-state index is 10.2. The Hall–Kier alpha value is -1.58. The minimum absolute atomic E-state index is 0.375. The third kappa shape index (κ3) is 3.20. The molecule has 1 aliphatic rings. The number of hydrogen-bond acceptors (Lipinski definition) is 3. The summed E-state index contributed by atoms with van der Waals surface area (Å²) in [6.45, 7) is 4.68. The van der Waals surface area contributed by atoms with Gasteiger partial charge in [-0.05, 0) is 42.5 Å². The molecule has 1 aliphatic heterocycles. The van der Waals surface area contributed by atoms with Crippen LogP contribution in [-0.4, -0.2) is 24.4 Å². The molecule has 0 saturated carbocycles. The van der Waals surface area contributed by atoms with Crippen LogP contribution in [0.3, 0.4) is 0 Å². The summed E-state index contributed by atoms with van der Waals surface area (Å²) in [5.74, 6) is 1.04. The molecule has 0 spiro atoms. The summed E-state index contributed by atoms with van der Waals surface area (Å²) in [7, 11) is 0. The summed E-state index contributed by atoms with van der Waals surface area (Å²) in [6, 6.07) is 12.4. The summed E-state index contributed by atoms with van der Waals surface area (Å²) < 4.78 is 5.42. The van der Waals surface area contributed by atoms with E-state index in [2.05, 4.69) is 24.4 Å². The van der Waals surface area contributed by atoms with Crippen molar-refractivity contribution in [3.8, 4) is 5.75 Å². The highest BCUT2D eigenvalue weighted by Gasteiger charge is 2.20. The predicted octanol–water partition coefficient (Wildman–Crippen LogP) is 3.45. The van der Waals surface area contributed by atoms with Crippen LogP contribution in [0.4, 0.5) is 0 Å². The number of benzene rings is 2. The Morgan fingerprint density at radius 1 is 1.19 bits per heavy atom. The zero-order valence-electron chi connectivity index (χ0n) is 12.5. The lowest BCUT2D eigenvalue weighted by molar-refractivity contribution is 0.0557. The second-order valence-electron chi connectivity index (χ2n) is 5.90. The van der Waals surface area contributed by atoms with Gasteiger partial charge in [0.15, 0.2) is 0 Å². The molecule has 2 aromatic rings. The van der Waals surface area contributed by atoms with Crippen molar-refractivity contribution in [2.75, 3.05) is 13.2 Å². The number of nitrogens with one attached hydrogen (secondary N) is 1. The lowest BCUT2D eigenvalue weighted by Crippen LogP contribution is -2.36. The van der Waals surface area contributed by atoms with Crippen LogP contribution in [0.2, 0.25) is 0 Å².